The molecule has 1 aliphatic rings. The zero-order valence-electron chi connectivity index (χ0n) is 8.71. The van der Waals surface area contributed by atoms with Crippen molar-refractivity contribution in [2.24, 2.45) is 0 Å². The second-order valence-electron chi connectivity index (χ2n) is 4.00. The van der Waals surface area contributed by atoms with Crippen LogP contribution in [0.4, 0.5) is 0 Å². The van der Waals surface area contributed by atoms with Crippen molar-refractivity contribution < 1.29 is 4.79 Å². The average Bonchev–Trinajstić information content (AvgIpc) is 3.09. The topological polar surface area (TPSA) is 47.8 Å². The van der Waals surface area contributed by atoms with Crippen LogP contribution in [0.1, 0.15) is 34.9 Å². The van der Waals surface area contributed by atoms with Gasteiger partial charge in [0, 0.05) is 5.92 Å². The lowest BCUT2D eigenvalue weighted by Crippen LogP contribution is -2.02. The van der Waals surface area contributed by atoms with E-state index in [1.807, 2.05) is 30.3 Å². The molecule has 2 aromatic rings. The van der Waals surface area contributed by atoms with Crippen LogP contribution < -0.4 is 0 Å². The van der Waals surface area contributed by atoms with Crippen LogP contribution in [-0.4, -0.2) is 21.3 Å². The molecule has 0 N–H and O–H groups in total. The number of nitrogens with zero attached hydrogens (tertiary/aromatic N) is 3. The predicted molar refractivity (Wildman–Crippen MR) is 58.7 cm³/mol. The van der Waals surface area contributed by atoms with Gasteiger partial charge in [-0.25, -0.2) is 4.68 Å². The number of benzene rings is 1. The van der Waals surface area contributed by atoms with Gasteiger partial charge < -0.3 is 0 Å². The monoisotopic (exact) mass is 213 g/mol. The van der Waals surface area contributed by atoms with Crippen LogP contribution in [0.5, 0.6) is 0 Å². The van der Waals surface area contributed by atoms with Crippen molar-refractivity contribution in [2.45, 2.75) is 18.8 Å². The van der Waals surface area contributed by atoms with Crippen molar-refractivity contribution in [2.75, 3.05) is 0 Å². The third kappa shape index (κ3) is 1.43. The molecular formula is C12H11N3O. The van der Waals surface area contributed by atoms with Crippen molar-refractivity contribution in [1.29, 1.82) is 0 Å². The Labute approximate surface area is 92.9 Å². The van der Waals surface area contributed by atoms with Crippen molar-refractivity contribution in [3.8, 4) is 5.69 Å². The second kappa shape index (κ2) is 3.56. The lowest BCUT2D eigenvalue weighted by molar-refractivity contribution is 0.111. The lowest BCUT2D eigenvalue weighted by Gasteiger charge is -2.01. The first-order valence-electron chi connectivity index (χ1n) is 5.36. The highest BCUT2D eigenvalue weighted by Crippen LogP contribution is 2.40. The Morgan fingerprint density at radius 1 is 1.25 bits per heavy atom. The number of hydrogen-bond acceptors (Lipinski definition) is 3. The van der Waals surface area contributed by atoms with Gasteiger partial charge in [0.05, 0.1) is 11.4 Å². The summed E-state index contributed by atoms with van der Waals surface area (Å²) in [4.78, 5) is 11.1. The fourth-order valence-electron chi connectivity index (χ4n) is 1.82. The summed E-state index contributed by atoms with van der Waals surface area (Å²) in [7, 11) is 0. The normalized spacial score (nSPS) is 15.0. The summed E-state index contributed by atoms with van der Waals surface area (Å²) in [5.74, 6) is 0.442. The van der Waals surface area contributed by atoms with Crippen molar-refractivity contribution >= 4 is 6.29 Å². The zero-order valence-corrected chi connectivity index (χ0v) is 8.71. The maximum absolute atomic E-state index is 11.1. The molecule has 1 heterocycles. The molecule has 0 spiro atoms. The molecule has 1 aromatic heterocycles. The van der Waals surface area contributed by atoms with Crippen molar-refractivity contribution in [1.82, 2.24) is 15.0 Å². The fourth-order valence-corrected chi connectivity index (χ4v) is 1.82. The maximum atomic E-state index is 11.1. The van der Waals surface area contributed by atoms with Gasteiger partial charge in [0.1, 0.15) is 5.69 Å². The molecular weight excluding hydrogens is 202 g/mol. The zero-order chi connectivity index (χ0) is 11.0. The first kappa shape index (κ1) is 9.27. The highest BCUT2D eigenvalue weighted by atomic mass is 16.1. The third-order valence-electron chi connectivity index (χ3n) is 2.81. The Hall–Kier alpha value is -1.97. The van der Waals surface area contributed by atoms with E-state index in [-0.39, 0.29) is 0 Å². The van der Waals surface area contributed by atoms with Gasteiger partial charge in [-0.2, -0.15) is 0 Å². The van der Waals surface area contributed by atoms with Gasteiger partial charge in [-0.1, -0.05) is 23.4 Å². The minimum Gasteiger partial charge on any atom is -0.296 e. The smallest absolute Gasteiger partial charge is 0.170 e. The number of aromatic nitrogens is 3. The van der Waals surface area contributed by atoms with E-state index in [0.717, 1.165) is 30.5 Å². The third-order valence-corrected chi connectivity index (χ3v) is 2.81. The molecule has 1 aliphatic carbocycles. The van der Waals surface area contributed by atoms with Crippen LogP contribution in [0.25, 0.3) is 5.69 Å². The van der Waals surface area contributed by atoms with Crippen molar-refractivity contribution in [3.63, 3.8) is 0 Å². The van der Waals surface area contributed by atoms with E-state index >= 15 is 0 Å². The fraction of sp³-hybridized carbons (Fsp3) is 0.250. The summed E-state index contributed by atoms with van der Waals surface area (Å²) in [6, 6.07) is 9.60. The summed E-state index contributed by atoms with van der Waals surface area (Å²) >= 11 is 0. The first-order chi connectivity index (χ1) is 7.90. The number of rotatable bonds is 3. The van der Waals surface area contributed by atoms with Crippen LogP contribution in [0.2, 0.25) is 0 Å². The molecule has 16 heavy (non-hydrogen) atoms. The van der Waals surface area contributed by atoms with E-state index in [1.54, 1.807) is 4.68 Å². The summed E-state index contributed by atoms with van der Waals surface area (Å²) in [6.07, 6.45) is 3.09. The number of aldehydes is 1. The molecule has 1 saturated carbocycles. The lowest BCUT2D eigenvalue weighted by atomic mass is 10.2. The molecule has 0 unspecified atom stereocenters. The molecule has 0 atom stereocenters. The Balaban J connectivity index is 2.10. The van der Waals surface area contributed by atoms with Gasteiger partial charge in [0.15, 0.2) is 6.29 Å². The highest BCUT2D eigenvalue weighted by molar-refractivity contribution is 5.75. The average molecular weight is 213 g/mol. The van der Waals surface area contributed by atoms with Gasteiger partial charge in [0.2, 0.25) is 0 Å². The molecule has 4 heteroatoms. The Morgan fingerprint density at radius 3 is 2.62 bits per heavy atom. The van der Waals surface area contributed by atoms with E-state index < -0.39 is 0 Å². The summed E-state index contributed by atoms with van der Waals surface area (Å²) < 4.78 is 1.61. The molecule has 80 valence electrons. The molecule has 4 nitrogen and oxygen atoms in total. The molecule has 0 saturated heterocycles. The quantitative estimate of drug-likeness (QED) is 0.732. The van der Waals surface area contributed by atoms with E-state index in [4.69, 9.17) is 0 Å². The molecule has 1 fully saturated rings. The van der Waals surface area contributed by atoms with E-state index in [2.05, 4.69) is 10.3 Å². The van der Waals surface area contributed by atoms with Gasteiger partial charge in [0.25, 0.3) is 0 Å². The highest BCUT2D eigenvalue weighted by Gasteiger charge is 2.30. The SMILES string of the molecule is O=Cc1c(C2CC2)nnn1-c1ccccc1. The van der Waals surface area contributed by atoms with Crippen LogP contribution in [0.3, 0.4) is 0 Å². The number of para-hydroxylation sites is 1. The van der Waals surface area contributed by atoms with Crippen LogP contribution in [0.15, 0.2) is 30.3 Å². The van der Waals surface area contributed by atoms with Crippen LogP contribution >= 0.6 is 0 Å². The number of carbonyl (C=O) groups excluding carboxylic acids is 1. The first-order valence-corrected chi connectivity index (χ1v) is 5.36. The van der Waals surface area contributed by atoms with Gasteiger partial charge in [-0.15, -0.1) is 5.10 Å². The van der Waals surface area contributed by atoms with Crippen molar-refractivity contribution in [3.05, 3.63) is 41.7 Å². The summed E-state index contributed by atoms with van der Waals surface area (Å²) in [5.41, 5.74) is 2.32. The van der Waals surface area contributed by atoms with E-state index in [1.165, 1.54) is 0 Å². The Kier molecular flexibility index (Phi) is 2.06. The van der Waals surface area contributed by atoms with Crippen LogP contribution in [-0.2, 0) is 0 Å². The Bertz CT molecular complexity index is 514. The van der Waals surface area contributed by atoms with E-state index in [9.17, 15) is 4.79 Å². The standard InChI is InChI=1S/C12H11N3O/c16-8-11-12(9-6-7-9)13-14-15(11)10-4-2-1-3-5-10/h1-5,8-9H,6-7H2. The number of hydrogen-bond donors (Lipinski definition) is 0. The minimum absolute atomic E-state index is 0.442. The Morgan fingerprint density at radius 2 is 2.00 bits per heavy atom. The van der Waals surface area contributed by atoms with Gasteiger partial charge in [-0.05, 0) is 25.0 Å². The molecule has 3 rings (SSSR count). The minimum atomic E-state index is 0.442. The molecule has 0 bridgehead atoms. The molecule has 0 amide bonds. The molecule has 0 radical (unpaired) electrons. The largest absolute Gasteiger partial charge is 0.296 e. The second-order valence-corrected chi connectivity index (χ2v) is 4.00. The van der Waals surface area contributed by atoms with E-state index in [0.29, 0.717) is 11.6 Å². The van der Waals surface area contributed by atoms with Gasteiger partial charge in [-0.3, -0.25) is 4.79 Å². The molecule has 1 aromatic carbocycles. The number of carbonyl (C=O) groups is 1. The molecule has 0 aliphatic heterocycles. The maximum Gasteiger partial charge on any atom is 0.170 e. The summed E-state index contributed by atoms with van der Waals surface area (Å²) in [5, 5.41) is 8.16. The van der Waals surface area contributed by atoms with Gasteiger partial charge >= 0.3 is 0 Å². The summed E-state index contributed by atoms with van der Waals surface area (Å²) in [6.45, 7) is 0. The van der Waals surface area contributed by atoms with Crippen LogP contribution in [0, 0.1) is 0 Å². The predicted octanol–water partition coefficient (Wildman–Crippen LogP) is 1.96.